The Morgan fingerprint density at radius 3 is 2.86 bits per heavy atom. The van der Waals surface area contributed by atoms with Crippen LogP contribution in [0.1, 0.15) is 35.6 Å². The van der Waals surface area contributed by atoms with Crippen LogP contribution < -0.4 is 10.6 Å². The monoisotopic (exact) mass is 342 g/mol. The number of rotatable bonds is 0. The lowest BCUT2D eigenvalue weighted by atomic mass is 9.90. The molecule has 21 heavy (non-hydrogen) atoms. The van der Waals surface area contributed by atoms with Crippen LogP contribution in [-0.2, 0) is 6.42 Å². The molecule has 0 aromatic heterocycles. The average Bonchev–Trinajstić information content (AvgIpc) is 2.61. The normalized spacial score (nSPS) is 23.8. The Morgan fingerprint density at radius 2 is 1.95 bits per heavy atom. The van der Waals surface area contributed by atoms with E-state index in [0.717, 1.165) is 30.3 Å². The van der Waals surface area contributed by atoms with Gasteiger partial charge in [0.15, 0.2) is 0 Å². The largest absolute Gasteiger partial charge is 0.364 e. The van der Waals surface area contributed by atoms with Crippen molar-refractivity contribution in [3.05, 3.63) is 63.6 Å². The number of hydrogen-bond donors (Lipinski definition) is 1. The maximum Gasteiger partial charge on any atom is 0.0560 e. The Hall–Kier alpha value is -1.32. The molecular formula is C18H19BrN2. The molecule has 2 atom stereocenters. The van der Waals surface area contributed by atoms with Crippen LogP contribution in [0.4, 0.5) is 5.69 Å². The third kappa shape index (κ3) is 2.29. The van der Waals surface area contributed by atoms with Gasteiger partial charge in [0.05, 0.1) is 6.04 Å². The second-order valence-electron chi connectivity index (χ2n) is 6.14. The molecule has 2 N–H and O–H groups in total. The average molecular weight is 343 g/mol. The number of halogens is 1. The van der Waals surface area contributed by atoms with E-state index in [1.807, 2.05) is 0 Å². The minimum Gasteiger partial charge on any atom is -0.364 e. The Bertz CT molecular complexity index is 683. The Morgan fingerprint density at radius 1 is 1.10 bits per heavy atom. The summed E-state index contributed by atoms with van der Waals surface area (Å²) in [4.78, 5) is 2.57. The maximum absolute atomic E-state index is 6.26. The first-order valence-corrected chi connectivity index (χ1v) is 8.40. The van der Waals surface area contributed by atoms with Gasteiger partial charge < -0.3 is 10.6 Å². The predicted octanol–water partition coefficient (Wildman–Crippen LogP) is 4.02. The van der Waals surface area contributed by atoms with Crippen molar-refractivity contribution in [3.8, 4) is 0 Å². The molecule has 0 saturated carbocycles. The summed E-state index contributed by atoms with van der Waals surface area (Å²) in [5.41, 5.74) is 12.0. The summed E-state index contributed by atoms with van der Waals surface area (Å²) in [7, 11) is 0. The number of nitrogens with zero attached hydrogens (tertiary/aromatic N) is 1. The second-order valence-corrected chi connectivity index (χ2v) is 7.06. The van der Waals surface area contributed by atoms with Crippen LogP contribution in [-0.4, -0.2) is 12.6 Å². The first-order chi connectivity index (χ1) is 10.2. The molecule has 1 fully saturated rings. The van der Waals surface area contributed by atoms with E-state index in [9.17, 15) is 0 Å². The highest BCUT2D eigenvalue weighted by molar-refractivity contribution is 9.10. The Balaban J connectivity index is 1.90. The molecule has 3 heteroatoms. The van der Waals surface area contributed by atoms with Gasteiger partial charge in [-0.25, -0.2) is 0 Å². The maximum atomic E-state index is 6.26. The third-order valence-corrected chi connectivity index (χ3v) is 5.28. The second kappa shape index (κ2) is 5.15. The lowest BCUT2D eigenvalue weighted by Crippen LogP contribution is -2.42. The van der Waals surface area contributed by atoms with Gasteiger partial charge in [-0.1, -0.05) is 40.2 Å². The van der Waals surface area contributed by atoms with Gasteiger partial charge in [-0.3, -0.25) is 0 Å². The van der Waals surface area contributed by atoms with E-state index in [0.29, 0.717) is 12.1 Å². The summed E-state index contributed by atoms with van der Waals surface area (Å²) >= 11 is 3.61. The molecule has 2 aromatic rings. The van der Waals surface area contributed by atoms with E-state index < -0.39 is 0 Å². The molecule has 2 heterocycles. The van der Waals surface area contributed by atoms with Crippen LogP contribution in [0, 0.1) is 0 Å². The van der Waals surface area contributed by atoms with Crippen molar-refractivity contribution < 1.29 is 0 Å². The van der Waals surface area contributed by atoms with E-state index in [2.05, 4.69) is 63.3 Å². The van der Waals surface area contributed by atoms with Crippen LogP contribution >= 0.6 is 15.9 Å². The molecule has 1 saturated heterocycles. The fourth-order valence-electron chi connectivity index (χ4n) is 3.78. The number of piperidine rings is 1. The van der Waals surface area contributed by atoms with Gasteiger partial charge in [-0.2, -0.15) is 0 Å². The zero-order valence-corrected chi connectivity index (χ0v) is 13.5. The van der Waals surface area contributed by atoms with Gasteiger partial charge >= 0.3 is 0 Å². The highest BCUT2D eigenvalue weighted by Crippen LogP contribution is 2.42. The molecule has 2 nitrogen and oxygen atoms in total. The summed E-state index contributed by atoms with van der Waals surface area (Å²) < 4.78 is 1.16. The predicted molar refractivity (Wildman–Crippen MR) is 90.7 cm³/mol. The highest BCUT2D eigenvalue weighted by Gasteiger charge is 2.32. The number of fused-ring (bicyclic) bond motifs is 5. The molecule has 108 valence electrons. The Labute approximate surface area is 134 Å². The van der Waals surface area contributed by atoms with Gasteiger partial charge in [0.25, 0.3) is 0 Å². The van der Waals surface area contributed by atoms with E-state index in [-0.39, 0.29) is 0 Å². The SMILES string of the molecule is NC1CCN2c3ccc(Br)cc3Cc3ccccc3C2C1. The molecule has 2 aliphatic rings. The van der Waals surface area contributed by atoms with Gasteiger partial charge in [0.1, 0.15) is 0 Å². The lowest BCUT2D eigenvalue weighted by molar-refractivity contribution is 0.420. The number of benzene rings is 2. The lowest BCUT2D eigenvalue weighted by Gasteiger charge is -2.40. The molecular weight excluding hydrogens is 324 g/mol. The fourth-order valence-corrected chi connectivity index (χ4v) is 4.19. The highest BCUT2D eigenvalue weighted by atomic mass is 79.9. The number of anilines is 1. The summed E-state index contributed by atoms with van der Waals surface area (Å²) in [5, 5.41) is 0. The van der Waals surface area contributed by atoms with Crippen molar-refractivity contribution in [2.24, 2.45) is 5.73 Å². The molecule has 0 spiro atoms. The molecule has 2 unspecified atom stereocenters. The van der Waals surface area contributed by atoms with Crippen molar-refractivity contribution in [3.63, 3.8) is 0 Å². The molecule has 0 aliphatic carbocycles. The minimum atomic E-state index is 0.316. The van der Waals surface area contributed by atoms with E-state index >= 15 is 0 Å². The number of nitrogens with two attached hydrogens (primary N) is 1. The topological polar surface area (TPSA) is 29.3 Å². The summed E-state index contributed by atoms with van der Waals surface area (Å²) in [6.07, 6.45) is 3.13. The van der Waals surface area contributed by atoms with E-state index in [1.54, 1.807) is 0 Å². The molecule has 2 aromatic carbocycles. The Kier molecular flexibility index (Phi) is 3.27. The van der Waals surface area contributed by atoms with Crippen LogP contribution in [0.25, 0.3) is 0 Å². The minimum absolute atomic E-state index is 0.316. The van der Waals surface area contributed by atoms with Crippen LogP contribution in [0.15, 0.2) is 46.9 Å². The molecule has 0 radical (unpaired) electrons. The fraction of sp³-hybridized carbons (Fsp3) is 0.333. The standard InChI is InChI=1S/C18H19BrN2/c19-14-5-6-17-13(10-14)9-12-3-1-2-4-16(12)18-11-15(20)7-8-21(17)18/h1-6,10,15,18H,7-9,11,20H2. The van der Waals surface area contributed by atoms with Crippen LogP contribution in [0.5, 0.6) is 0 Å². The van der Waals surface area contributed by atoms with Gasteiger partial charge in [-0.05, 0) is 54.2 Å². The third-order valence-electron chi connectivity index (χ3n) is 4.79. The van der Waals surface area contributed by atoms with Gasteiger partial charge in [0, 0.05) is 22.7 Å². The molecule has 4 rings (SSSR count). The molecule has 0 bridgehead atoms. The van der Waals surface area contributed by atoms with Crippen LogP contribution in [0.3, 0.4) is 0 Å². The van der Waals surface area contributed by atoms with Crippen LogP contribution in [0.2, 0.25) is 0 Å². The van der Waals surface area contributed by atoms with Gasteiger partial charge in [0.2, 0.25) is 0 Å². The van der Waals surface area contributed by atoms with E-state index in [1.165, 1.54) is 22.4 Å². The van der Waals surface area contributed by atoms with Gasteiger partial charge in [-0.15, -0.1) is 0 Å². The quantitative estimate of drug-likeness (QED) is 0.783. The van der Waals surface area contributed by atoms with Crippen molar-refractivity contribution in [1.82, 2.24) is 0 Å². The molecule has 0 amide bonds. The van der Waals surface area contributed by atoms with Crippen molar-refractivity contribution in [2.45, 2.75) is 31.3 Å². The van der Waals surface area contributed by atoms with E-state index in [4.69, 9.17) is 5.73 Å². The van der Waals surface area contributed by atoms with Crippen molar-refractivity contribution in [1.29, 1.82) is 0 Å². The van der Waals surface area contributed by atoms with Crippen molar-refractivity contribution in [2.75, 3.05) is 11.4 Å². The zero-order valence-electron chi connectivity index (χ0n) is 11.9. The van der Waals surface area contributed by atoms with Crippen molar-refractivity contribution >= 4 is 21.6 Å². The first-order valence-electron chi connectivity index (χ1n) is 7.61. The number of hydrogen-bond acceptors (Lipinski definition) is 2. The first kappa shape index (κ1) is 13.4. The summed E-state index contributed by atoms with van der Waals surface area (Å²) in [5.74, 6) is 0. The summed E-state index contributed by atoms with van der Waals surface area (Å²) in [6.45, 7) is 1.05. The molecule has 2 aliphatic heterocycles. The zero-order chi connectivity index (χ0) is 14.4. The summed E-state index contributed by atoms with van der Waals surface area (Å²) in [6, 6.07) is 16.3. The smallest absolute Gasteiger partial charge is 0.0560 e.